The van der Waals surface area contributed by atoms with Crippen molar-refractivity contribution < 1.29 is 9.13 Å². The first kappa shape index (κ1) is 13.4. The molecule has 0 aliphatic carbocycles. The number of ether oxygens (including phenoxy) is 1. The van der Waals surface area contributed by atoms with Gasteiger partial charge in [0.25, 0.3) is 0 Å². The molecule has 0 saturated heterocycles. The van der Waals surface area contributed by atoms with E-state index in [2.05, 4.69) is 15.0 Å². The van der Waals surface area contributed by atoms with Gasteiger partial charge in [0, 0.05) is 24.2 Å². The molecule has 0 amide bonds. The van der Waals surface area contributed by atoms with Gasteiger partial charge < -0.3 is 14.2 Å². The summed E-state index contributed by atoms with van der Waals surface area (Å²) in [6, 6.07) is 6.38. The van der Waals surface area contributed by atoms with E-state index in [0.29, 0.717) is 13.3 Å². The number of fused-ring (bicyclic) bond motifs is 2. The lowest BCUT2D eigenvalue weighted by Crippen LogP contribution is -2.24. The summed E-state index contributed by atoms with van der Waals surface area (Å²) in [6.45, 7) is 1.96. The van der Waals surface area contributed by atoms with Crippen LogP contribution >= 0.6 is 0 Å². The Labute approximate surface area is 137 Å². The monoisotopic (exact) mass is 323 g/mol. The van der Waals surface area contributed by atoms with Crippen molar-refractivity contribution in [2.45, 2.75) is 13.2 Å². The second-order valence-electron chi connectivity index (χ2n) is 5.76. The third-order valence-corrected chi connectivity index (χ3v) is 4.28. The molecule has 2 aliphatic rings. The maximum absolute atomic E-state index is 13.3. The minimum absolute atomic E-state index is 0.260. The largest absolute Gasteiger partial charge is 0.474 e. The molecule has 7 heteroatoms. The molecule has 24 heavy (non-hydrogen) atoms. The Balaban J connectivity index is 1.64. The van der Waals surface area contributed by atoms with Gasteiger partial charge in [-0.1, -0.05) is 0 Å². The molecule has 0 atom stereocenters. The first-order valence-electron chi connectivity index (χ1n) is 7.75. The van der Waals surface area contributed by atoms with Crippen LogP contribution in [0.5, 0.6) is 5.88 Å². The van der Waals surface area contributed by atoms with Gasteiger partial charge in [0.05, 0.1) is 6.54 Å². The molecule has 0 spiro atoms. The highest BCUT2D eigenvalue weighted by molar-refractivity contribution is 5.81. The van der Waals surface area contributed by atoms with E-state index in [1.807, 2.05) is 27.7 Å². The van der Waals surface area contributed by atoms with Gasteiger partial charge in [0.15, 0.2) is 0 Å². The number of nitrogens with zero attached hydrogens (tertiary/aromatic N) is 5. The van der Waals surface area contributed by atoms with Crippen molar-refractivity contribution in [3.63, 3.8) is 0 Å². The van der Waals surface area contributed by atoms with Crippen LogP contribution in [0, 0.1) is 5.82 Å². The van der Waals surface area contributed by atoms with Crippen molar-refractivity contribution in [2.75, 3.05) is 11.5 Å². The summed E-state index contributed by atoms with van der Waals surface area (Å²) >= 11 is 0. The van der Waals surface area contributed by atoms with E-state index in [-0.39, 0.29) is 5.82 Å². The van der Waals surface area contributed by atoms with Crippen molar-refractivity contribution in [3.8, 4) is 17.1 Å². The van der Waals surface area contributed by atoms with Crippen LogP contribution in [0.3, 0.4) is 0 Å². The molecule has 4 heterocycles. The maximum Gasteiger partial charge on any atom is 0.237 e. The Hall–Kier alpha value is -3.09. The topological polar surface area (TPSA) is 48.1 Å². The normalized spacial score (nSPS) is 15.3. The van der Waals surface area contributed by atoms with Crippen LogP contribution < -0.4 is 9.64 Å². The number of aromatic nitrogens is 4. The van der Waals surface area contributed by atoms with Crippen LogP contribution in [0.15, 0.2) is 42.9 Å². The van der Waals surface area contributed by atoms with E-state index >= 15 is 0 Å². The summed E-state index contributed by atoms with van der Waals surface area (Å²) in [7, 11) is 0. The number of hydrogen-bond acceptors (Lipinski definition) is 4. The predicted molar refractivity (Wildman–Crippen MR) is 86.9 cm³/mol. The van der Waals surface area contributed by atoms with E-state index in [1.165, 1.54) is 12.1 Å². The molecule has 0 radical (unpaired) electrons. The minimum atomic E-state index is -0.260. The Kier molecular flexibility index (Phi) is 2.76. The fraction of sp³-hybridized carbons (Fsp3) is 0.176. The molecule has 0 N–H and O–H groups in total. The second kappa shape index (κ2) is 4.95. The van der Waals surface area contributed by atoms with Crippen molar-refractivity contribution in [1.29, 1.82) is 0 Å². The first-order chi connectivity index (χ1) is 11.8. The molecule has 2 aromatic heterocycles. The lowest BCUT2D eigenvalue weighted by Gasteiger charge is -2.25. The summed E-state index contributed by atoms with van der Waals surface area (Å²) in [5.74, 6) is 1.41. The number of halogens is 1. The number of hydrogen-bond donors (Lipinski definition) is 0. The molecule has 0 unspecified atom stereocenters. The molecule has 1 aromatic carbocycles. The Morgan fingerprint density at radius 3 is 2.92 bits per heavy atom. The standard InChI is InChI=1S/C17H14FN5O/c18-13-3-1-12(2-4-13)15-16(17-23(20-15)9-10-24-17)22-7-5-14-19-6-8-21(14)11-22/h1-8H,9-11H2. The van der Waals surface area contributed by atoms with Crippen molar-refractivity contribution in [3.05, 3.63) is 54.5 Å². The zero-order chi connectivity index (χ0) is 16.1. The summed E-state index contributed by atoms with van der Waals surface area (Å²) in [6.07, 6.45) is 7.66. The Morgan fingerprint density at radius 1 is 1.17 bits per heavy atom. The highest BCUT2D eigenvalue weighted by Gasteiger charge is 2.29. The fourth-order valence-electron chi connectivity index (χ4n) is 3.13. The lowest BCUT2D eigenvalue weighted by atomic mass is 10.1. The minimum Gasteiger partial charge on any atom is -0.474 e. The number of imidazole rings is 1. The smallest absolute Gasteiger partial charge is 0.237 e. The van der Waals surface area contributed by atoms with Crippen LogP contribution in [-0.4, -0.2) is 25.9 Å². The van der Waals surface area contributed by atoms with E-state index in [1.54, 1.807) is 18.3 Å². The highest BCUT2D eigenvalue weighted by atomic mass is 19.1. The van der Waals surface area contributed by atoms with Gasteiger partial charge in [-0.2, -0.15) is 5.10 Å². The molecule has 0 saturated carbocycles. The third kappa shape index (κ3) is 1.94. The highest BCUT2D eigenvalue weighted by Crippen LogP contribution is 2.41. The zero-order valence-electron chi connectivity index (χ0n) is 12.8. The van der Waals surface area contributed by atoms with E-state index in [9.17, 15) is 4.39 Å². The van der Waals surface area contributed by atoms with Crippen LogP contribution in [0.4, 0.5) is 10.1 Å². The van der Waals surface area contributed by atoms with Crippen molar-refractivity contribution in [1.82, 2.24) is 19.3 Å². The Morgan fingerprint density at radius 2 is 2.04 bits per heavy atom. The van der Waals surface area contributed by atoms with Gasteiger partial charge in [0.1, 0.15) is 36.3 Å². The van der Waals surface area contributed by atoms with E-state index in [4.69, 9.17) is 4.74 Å². The summed E-state index contributed by atoms with van der Waals surface area (Å²) in [4.78, 5) is 6.37. The van der Waals surface area contributed by atoms with E-state index in [0.717, 1.165) is 35.2 Å². The summed E-state index contributed by atoms with van der Waals surface area (Å²) in [5, 5.41) is 4.68. The lowest BCUT2D eigenvalue weighted by molar-refractivity contribution is 0.357. The van der Waals surface area contributed by atoms with E-state index < -0.39 is 0 Å². The molecule has 2 aliphatic heterocycles. The number of rotatable bonds is 2. The van der Waals surface area contributed by atoms with Gasteiger partial charge in [-0.05, 0) is 30.3 Å². The van der Waals surface area contributed by atoms with Gasteiger partial charge in [-0.3, -0.25) is 0 Å². The number of benzene rings is 1. The molecule has 6 nitrogen and oxygen atoms in total. The fourth-order valence-corrected chi connectivity index (χ4v) is 3.13. The Bertz CT molecular complexity index is 941. The van der Waals surface area contributed by atoms with Crippen LogP contribution in [-0.2, 0) is 13.2 Å². The van der Waals surface area contributed by atoms with Crippen LogP contribution in [0.2, 0.25) is 0 Å². The van der Waals surface area contributed by atoms with Crippen molar-refractivity contribution in [2.24, 2.45) is 0 Å². The average molecular weight is 323 g/mol. The second-order valence-corrected chi connectivity index (χ2v) is 5.76. The average Bonchev–Trinajstić information content (AvgIpc) is 3.29. The molecule has 0 fully saturated rings. The first-order valence-corrected chi connectivity index (χ1v) is 7.75. The summed E-state index contributed by atoms with van der Waals surface area (Å²) < 4.78 is 23.0. The van der Waals surface area contributed by atoms with Crippen LogP contribution in [0.1, 0.15) is 5.82 Å². The quantitative estimate of drug-likeness (QED) is 0.727. The van der Waals surface area contributed by atoms with Crippen molar-refractivity contribution >= 4 is 11.8 Å². The number of anilines is 1. The molecular weight excluding hydrogens is 309 g/mol. The van der Waals surface area contributed by atoms with Gasteiger partial charge in [-0.15, -0.1) is 0 Å². The zero-order valence-corrected chi connectivity index (χ0v) is 12.8. The molecule has 0 bridgehead atoms. The molecule has 3 aromatic rings. The van der Waals surface area contributed by atoms with Gasteiger partial charge in [-0.25, -0.2) is 14.1 Å². The molecule has 120 valence electrons. The van der Waals surface area contributed by atoms with Gasteiger partial charge >= 0.3 is 0 Å². The van der Waals surface area contributed by atoms with Gasteiger partial charge in [0.2, 0.25) is 5.88 Å². The summed E-state index contributed by atoms with van der Waals surface area (Å²) in [5.41, 5.74) is 2.55. The third-order valence-electron chi connectivity index (χ3n) is 4.28. The maximum atomic E-state index is 13.3. The predicted octanol–water partition coefficient (Wildman–Crippen LogP) is 2.73. The SMILES string of the molecule is Fc1ccc(-c2nn3c(c2N2C=Cc4nccn4C2)OCC3)cc1. The molecule has 5 rings (SSSR count). The molecular formula is C17H14FN5O. The van der Waals surface area contributed by atoms with Crippen LogP contribution in [0.25, 0.3) is 17.3 Å².